The monoisotopic (exact) mass is 376 g/mol. The van der Waals surface area contributed by atoms with Crippen molar-refractivity contribution in [1.82, 2.24) is 9.21 Å². The lowest BCUT2D eigenvalue weighted by atomic mass is 10.2. The molecule has 7 heteroatoms. The molecule has 2 heterocycles. The summed E-state index contributed by atoms with van der Waals surface area (Å²) < 4.78 is 26.6. The summed E-state index contributed by atoms with van der Waals surface area (Å²) in [5.74, 6) is -0.0791. The lowest BCUT2D eigenvalue weighted by Gasteiger charge is -2.33. The van der Waals surface area contributed by atoms with Crippen LogP contribution in [0.3, 0.4) is 0 Å². The standard InChI is InChI=1S/C18H20N2O3S2/c1-15-9-14-24-17(15)7-8-18(21)19-10-12-20(13-11-19)25(22,23)16-5-3-2-4-6-16/h2-9,14H,10-13H2,1H3/b8-7+. The van der Waals surface area contributed by atoms with Crippen molar-refractivity contribution in [2.75, 3.05) is 26.2 Å². The molecule has 1 amide bonds. The Labute approximate surface area is 152 Å². The summed E-state index contributed by atoms with van der Waals surface area (Å²) in [6.07, 6.45) is 3.40. The van der Waals surface area contributed by atoms with Crippen LogP contribution in [0.5, 0.6) is 0 Å². The molecule has 1 aromatic heterocycles. The van der Waals surface area contributed by atoms with Crippen LogP contribution in [0.25, 0.3) is 6.08 Å². The summed E-state index contributed by atoms with van der Waals surface area (Å²) in [5, 5.41) is 1.99. The van der Waals surface area contributed by atoms with Crippen LogP contribution < -0.4 is 0 Å². The summed E-state index contributed by atoms with van der Waals surface area (Å²) in [5.41, 5.74) is 1.15. The predicted molar refractivity (Wildman–Crippen MR) is 99.9 cm³/mol. The first-order chi connectivity index (χ1) is 12.0. The number of sulfonamides is 1. The van der Waals surface area contributed by atoms with Gasteiger partial charge in [-0.1, -0.05) is 18.2 Å². The van der Waals surface area contributed by atoms with Crippen molar-refractivity contribution >= 4 is 33.3 Å². The molecule has 0 radical (unpaired) electrons. The number of nitrogens with zero attached hydrogens (tertiary/aromatic N) is 2. The summed E-state index contributed by atoms with van der Waals surface area (Å²) >= 11 is 1.59. The highest BCUT2D eigenvalue weighted by atomic mass is 32.2. The lowest BCUT2D eigenvalue weighted by Crippen LogP contribution is -2.50. The fourth-order valence-electron chi connectivity index (χ4n) is 2.70. The third kappa shape index (κ3) is 4.00. The topological polar surface area (TPSA) is 57.7 Å². The second-order valence-corrected chi connectivity index (χ2v) is 8.73. The maximum Gasteiger partial charge on any atom is 0.246 e. The van der Waals surface area contributed by atoms with Crippen LogP contribution >= 0.6 is 11.3 Å². The highest BCUT2D eigenvalue weighted by Crippen LogP contribution is 2.19. The average Bonchev–Trinajstić information content (AvgIpc) is 3.05. The zero-order chi connectivity index (χ0) is 17.9. The highest BCUT2D eigenvalue weighted by molar-refractivity contribution is 7.89. The molecule has 0 unspecified atom stereocenters. The minimum absolute atomic E-state index is 0.0791. The Morgan fingerprint density at radius 2 is 1.76 bits per heavy atom. The second kappa shape index (κ2) is 7.51. The van der Waals surface area contributed by atoms with Gasteiger partial charge in [0.2, 0.25) is 15.9 Å². The van der Waals surface area contributed by atoms with E-state index in [4.69, 9.17) is 0 Å². The van der Waals surface area contributed by atoms with Gasteiger partial charge >= 0.3 is 0 Å². The van der Waals surface area contributed by atoms with E-state index in [1.165, 1.54) is 4.31 Å². The van der Waals surface area contributed by atoms with Gasteiger partial charge in [0.05, 0.1) is 4.90 Å². The third-order valence-electron chi connectivity index (χ3n) is 4.21. The third-order valence-corrected chi connectivity index (χ3v) is 7.11. The molecule has 1 aliphatic rings. The van der Waals surface area contributed by atoms with E-state index >= 15 is 0 Å². The fourth-order valence-corrected chi connectivity index (χ4v) is 4.96. The minimum Gasteiger partial charge on any atom is -0.337 e. The quantitative estimate of drug-likeness (QED) is 0.771. The number of amides is 1. The average molecular weight is 377 g/mol. The number of hydrogen-bond acceptors (Lipinski definition) is 4. The Morgan fingerprint density at radius 1 is 1.08 bits per heavy atom. The molecule has 1 aromatic carbocycles. The van der Waals surface area contributed by atoms with Crippen molar-refractivity contribution in [3.63, 3.8) is 0 Å². The minimum atomic E-state index is -3.49. The van der Waals surface area contributed by atoms with Crippen molar-refractivity contribution in [3.05, 3.63) is 58.3 Å². The molecule has 132 valence electrons. The Kier molecular flexibility index (Phi) is 5.36. The summed E-state index contributed by atoms with van der Waals surface area (Å²) in [4.78, 5) is 15.4. The maximum absolute atomic E-state index is 12.6. The van der Waals surface area contributed by atoms with Gasteiger partial charge in [0.25, 0.3) is 0 Å². The molecule has 0 atom stereocenters. The van der Waals surface area contributed by atoms with Crippen molar-refractivity contribution in [2.24, 2.45) is 0 Å². The van der Waals surface area contributed by atoms with Crippen molar-refractivity contribution < 1.29 is 13.2 Å². The Hall–Kier alpha value is -1.96. The molecular formula is C18H20N2O3S2. The van der Waals surface area contributed by atoms with E-state index in [2.05, 4.69) is 0 Å². The summed E-state index contributed by atoms with van der Waals surface area (Å²) in [6, 6.07) is 10.4. The van der Waals surface area contributed by atoms with Gasteiger partial charge in [-0.05, 0) is 42.1 Å². The van der Waals surface area contributed by atoms with Crippen LogP contribution in [0.15, 0.2) is 52.7 Å². The van der Waals surface area contributed by atoms with Crippen LogP contribution in [-0.2, 0) is 14.8 Å². The molecule has 3 rings (SSSR count). The van der Waals surface area contributed by atoms with E-state index in [9.17, 15) is 13.2 Å². The summed E-state index contributed by atoms with van der Waals surface area (Å²) in [6.45, 7) is 3.44. The molecule has 1 aliphatic heterocycles. The van der Waals surface area contributed by atoms with E-state index in [0.29, 0.717) is 31.1 Å². The molecule has 0 saturated carbocycles. The molecule has 1 fully saturated rings. The van der Waals surface area contributed by atoms with Gasteiger partial charge in [0, 0.05) is 37.1 Å². The second-order valence-electron chi connectivity index (χ2n) is 5.84. The smallest absolute Gasteiger partial charge is 0.246 e. The molecule has 0 N–H and O–H groups in total. The number of aryl methyl sites for hydroxylation is 1. The first-order valence-electron chi connectivity index (χ1n) is 8.05. The maximum atomic E-state index is 12.6. The van der Waals surface area contributed by atoms with E-state index < -0.39 is 10.0 Å². The molecule has 0 spiro atoms. The van der Waals surface area contributed by atoms with Crippen LogP contribution in [0.2, 0.25) is 0 Å². The van der Waals surface area contributed by atoms with E-state index in [1.807, 2.05) is 24.4 Å². The number of thiophene rings is 1. The highest BCUT2D eigenvalue weighted by Gasteiger charge is 2.29. The van der Waals surface area contributed by atoms with Gasteiger partial charge in [-0.25, -0.2) is 8.42 Å². The van der Waals surface area contributed by atoms with Gasteiger partial charge in [-0.15, -0.1) is 11.3 Å². The molecular weight excluding hydrogens is 356 g/mol. The zero-order valence-corrected chi connectivity index (χ0v) is 15.6. The predicted octanol–water partition coefficient (Wildman–Crippen LogP) is 2.60. The molecule has 0 aliphatic carbocycles. The first kappa shape index (κ1) is 17.8. The van der Waals surface area contributed by atoms with E-state index in [-0.39, 0.29) is 5.91 Å². The van der Waals surface area contributed by atoms with Crippen molar-refractivity contribution in [2.45, 2.75) is 11.8 Å². The normalized spacial score (nSPS) is 16.4. The van der Waals surface area contributed by atoms with Gasteiger partial charge in [0.1, 0.15) is 0 Å². The van der Waals surface area contributed by atoms with Crippen molar-refractivity contribution in [1.29, 1.82) is 0 Å². The van der Waals surface area contributed by atoms with Crippen molar-refractivity contribution in [3.8, 4) is 0 Å². The first-order valence-corrected chi connectivity index (χ1v) is 10.4. The number of piperazine rings is 1. The largest absolute Gasteiger partial charge is 0.337 e. The fraction of sp³-hybridized carbons (Fsp3) is 0.278. The van der Waals surface area contributed by atoms with Crippen LogP contribution in [-0.4, -0.2) is 49.7 Å². The summed E-state index contributed by atoms with van der Waals surface area (Å²) in [7, 11) is -3.49. The molecule has 0 bridgehead atoms. The van der Waals surface area contributed by atoms with E-state index in [1.54, 1.807) is 52.6 Å². The zero-order valence-electron chi connectivity index (χ0n) is 14.0. The number of hydrogen-bond donors (Lipinski definition) is 0. The van der Waals surface area contributed by atoms with Crippen LogP contribution in [0.4, 0.5) is 0 Å². The van der Waals surface area contributed by atoms with Gasteiger partial charge < -0.3 is 4.90 Å². The van der Waals surface area contributed by atoms with Gasteiger partial charge in [-0.3, -0.25) is 4.79 Å². The molecule has 1 saturated heterocycles. The lowest BCUT2D eigenvalue weighted by molar-refractivity contribution is -0.127. The molecule has 25 heavy (non-hydrogen) atoms. The van der Waals surface area contributed by atoms with E-state index in [0.717, 1.165) is 10.4 Å². The Balaban J connectivity index is 1.61. The number of carbonyl (C=O) groups excluding carboxylic acids is 1. The molecule has 5 nitrogen and oxygen atoms in total. The SMILES string of the molecule is Cc1ccsc1/C=C/C(=O)N1CCN(S(=O)(=O)c2ccccc2)CC1. The van der Waals surface area contributed by atoms with Crippen LogP contribution in [0.1, 0.15) is 10.4 Å². The number of carbonyl (C=O) groups is 1. The van der Waals surface area contributed by atoms with Gasteiger partial charge in [0.15, 0.2) is 0 Å². The van der Waals surface area contributed by atoms with Crippen LogP contribution in [0, 0.1) is 6.92 Å². The van der Waals surface area contributed by atoms with Gasteiger partial charge in [-0.2, -0.15) is 4.31 Å². The Bertz CT molecular complexity index is 865. The Morgan fingerprint density at radius 3 is 2.36 bits per heavy atom. The number of rotatable bonds is 4. The number of benzene rings is 1. The molecule has 2 aromatic rings.